The lowest BCUT2D eigenvalue weighted by molar-refractivity contribution is 0.0315. The summed E-state index contributed by atoms with van der Waals surface area (Å²) in [6.45, 7) is 2.98. The van der Waals surface area contributed by atoms with Crippen molar-refractivity contribution in [2.45, 2.75) is 31.4 Å². The molecule has 0 spiro atoms. The normalized spacial score (nSPS) is 25.9. The minimum absolute atomic E-state index is 0.0104. The van der Waals surface area contributed by atoms with Crippen LogP contribution in [0.25, 0.3) is 0 Å². The zero-order chi connectivity index (χ0) is 15.5. The summed E-state index contributed by atoms with van der Waals surface area (Å²) in [6, 6.07) is 9.19. The molecule has 0 aromatic heterocycles. The first-order valence-corrected chi connectivity index (χ1v) is 7.90. The molecule has 1 aromatic rings. The summed E-state index contributed by atoms with van der Waals surface area (Å²) in [6.07, 6.45) is 2.82. The van der Waals surface area contributed by atoms with Crippen LogP contribution in [0.1, 0.15) is 35.2 Å². The molecule has 0 radical (unpaired) electrons. The predicted octanol–water partition coefficient (Wildman–Crippen LogP) is 1.23. The minimum Gasteiger partial charge on any atom is -0.391 e. The second kappa shape index (κ2) is 6.47. The monoisotopic (exact) mass is 299 g/mol. The van der Waals surface area contributed by atoms with E-state index in [-0.39, 0.29) is 18.1 Å². The van der Waals surface area contributed by atoms with Crippen molar-refractivity contribution in [2.75, 3.05) is 26.2 Å². The molecule has 2 aliphatic rings. The number of aliphatic hydroxyl groups is 1. The van der Waals surface area contributed by atoms with Crippen molar-refractivity contribution in [1.29, 1.82) is 5.26 Å². The Kier molecular flexibility index (Phi) is 4.41. The second-order valence-electron chi connectivity index (χ2n) is 6.09. The molecule has 1 saturated carbocycles. The average Bonchev–Trinajstić information content (AvgIpc) is 3.00. The number of carbonyl (C=O) groups is 1. The van der Waals surface area contributed by atoms with Crippen LogP contribution in [0, 0.1) is 11.3 Å². The van der Waals surface area contributed by atoms with E-state index in [2.05, 4.69) is 11.0 Å². The highest BCUT2D eigenvalue weighted by Gasteiger charge is 2.33. The molecule has 0 unspecified atom stereocenters. The molecule has 116 valence electrons. The predicted molar refractivity (Wildman–Crippen MR) is 82.3 cm³/mol. The van der Waals surface area contributed by atoms with E-state index < -0.39 is 0 Å². The summed E-state index contributed by atoms with van der Waals surface area (Å²) in [5.41, 5.74) is 1.09. The van der Waals surface area contributed by atoms with Crippen molar-refractivity contribution in [3.8, 4) is 6.07 Å². The van der Waals surface area contributed by atoms with Crippen molar-refractivity contribution < 1.29 is 9.90 Å². The maximum Gasteiger partial charge on any atom is 0.253 e. The molecule has 1 amide bonds. The van der Waals surface area contributed by atoms with E-state index in [9.17, 15) is 9.90 Å². The van der Waals surface area contributed by atoms with Crippen LogP contribution in [0.15, 0.2) is 24.3 Å². The number of carbonyl (C=O) groups excluding carboxylic acids is 1. The zero-order valence-electron chi connectivity index (χ0n) is 12.6. The van der Waals surface area contributed by atoms with Gasteiger partial charge in [0.1, 0.15) is 0 Å². The maximum atomic E-state index is 12.5. The molecule has 1 aliphatic heterocycles. The van der Waals surface area contributed by atoms with Crippen LogP contribution < -0.4 is 0 Å². The second-order valence-corrected chi connectivity index (χ2v) is 6.09. The summed E-state index contributed by atoms with van der Waals surface area (Å²) in [7, 11) is 0. The van der Waals surface area contributed by atoms with Crippen molar-refractivity contribution in [1.82, 2.24) is 9.80 Å². The van der Waals surface area contributed by atoms with Gasteiger partial charge in [0.05, 0.1) is 17.7 Å². The van der Waals surface area contributed by atoms with Crippen molar-refractivity contribution >= 4 is 5.91 Å². The van der Waals surface area contributed by atoms with E-state index in [0.717, 1.165) is 32.4 Å². The van der Waals surface area contributed by atoms with Gasteiger partial charge in [-0.25, -0.2) is 0 Å². The fraction of sp³-hybridized carbons (Fsp3) is 0.529. The number of nitrogens with zero attached hydrogens (tertiary/aromatic N) is 3. The van der Waals surface area contributed by atoms with Crippen molar-refractivity contribution in [3.05, 3.63) is 35.4 Å². The van der Waals surface area contributed by atoms with E-state index in [4.69, 9.17) is 5.26 Å². The third-order valence-electron chi connectivity index (χ3n) is 4.75. The number of hydrogen-bond donors (Lipinski definition) is 1. The van der Waals surface area contributed by atoms with Crippen LogP contribution in [-0.4, -0.2) is 59.1 Å². The zero-order valence-corrected chi connectivity index (χ0v) is 12.6. The van der Waals surface area contributed by atoms with Crippen molar-refractivity contribution in [3.63, 3.8) is 0 Å². The Morgan fingerprint density at radius 1 is 1.23 bits per heavy atom. The molecule has 1 N–H and O–H groups in total. The SMILES string of the molecule is N#Cc1cccc(C(=O)N2CCN([C@@H]3CCC[C@@H]3O)CC2)c1. The topological polar surface area (TPSA) is 67.6 Å². The number of rotatable bonds is 2. The van der Waals surface area contributed by atoms with E-state index >= 15 is 0 Å². The summed E-state index contributed by atoms with van der Waals surface area (Å²) in [5, 5.41) is 18.9. The van der Waals surface area contributed by atoms with Gasteiger partial charge in [0, 0.05) is 37.8 Å². The maximum absolute atomic E-state index is 12.5. The highest BCUT2D eigenvalue weighted by Crippen LogP contribution is 2.25. The molecule has 5 nitrogen and oxygen atoms in total. The number of amides is 1. The standard InChI is InChI=1S/C17H21N3O2/c18-12-13-3-1-4-14(11-13)17(22)20-9-7-19(8-10-20)15-5-2-6-16(15)21/h1,3-4,11,15-16,21H,2,5-10H2/t15-,16+/m1/s1. The molecular formula is C17H21N3O2. The van der Waals surface area contributed by atoms with Gasteiger partial charge < -0.3 is 10.0 Å². The molecule has 1 saturated heterocycles. The van der Waals surface area contributed by atoms with Gasteiger partial charge in [-0.15, -0.1) is 0 Å². The number of hydrogen-bond acceptors (Lipinski definition) is 4. The first-order valence-electron chi connectivity index (χ1n) is 7.90. The Labute approximate surface area is 130 Å². The number of aliphatic hydroxyl groups excluding tert-OH is 1. The Morgan fingerprint density at radius 2 is 2.00 bits per heavy atom. The highest BCUT2D eigenvalue weighted by atomic mass is 16.3. The van der Waals surface area contributed by atoms with Gasteiger partial charge in [0.15, 0.2) is 0 Å². The fourth-order valence-corrected chi connectivity index (χ4v) is 3.51. The lowest BCUT2D eigenvalue weighted by atomic mass is 10.1. The van der Waals surface area contributed by atoms with Gasteiger partial charge in [-0.3, -0.25) is 9.69 Å². The van der Waals surface area contributed by atoms with Gasteiger partial charge >= 0.3 is 0 Å². The lowest BCUT2D eigenvalue weighted by Crippen LogP contribution is -2.53. The molecule has 22 heavy (non-hydrogen) atoms. The minimum atomic E-state index is -0.213. The fourth-order valence-electron chi connectivity index (χ4n) is 3.51. The number of nitriles is 1. The van der Waals surface area contributed by atoms with Crippen molar-refractivity contribution in [2.24, 2.45) is 0 Å². The quantitative estimate of drug-likeness (QED) is 0.892. The molecule has 1 aromatic carbocycles. The molecule has 3 rings (SSSR count). The van der Waals surface area contributed by atoms with Gasteiger partial charge in [-0.2, -0.15) is 5.26 Å². The lowest BCUT2D eigenvalue weighted by Gasteiger charge is -2.39. The molecule has 0 bridgehead atoms. The molecule has 1 heterocycles. The molecule has 1 aliphatic carbocycles. The Hall–Kier alpha value is -1.90. The van der Waals surface area contributed by atoms with Crippen LogP contribution in [-0.2, 0) is 0 Å². The number of benzene rings is 1. The smallest absolute Gasteiger partial charge is 0.253 e. The molecule has 2 fully saturated rings. The summed E-state index contributed by atoms with van der Waals surface area (Å²) in [4.78, 5) is 16.7. The third-order valence-corrected chi connectivity index (χ3v) is 4.75. The van der Waals surface area contributed by atoms with E-state index in [1.807, 2.05) is 4.90 Å². The number of piperazine rings is 1. The van der Waals surface area contributed by atoms with Gasteiger partial charge in [0.25, 0.3) is 5.91 Å². The molecular weight excluding hydrogens is 278 g/mol. The van der Waals surface area contributed by atoms with Crippen LogP contribution in [0.2, 0.25) is 0 Å². The first-order chi connectivity index (χ1) is 10.7. The van der Waals surface area contributed by atoms with Crippen LogP contribution in [0.5, 0.6) is 0 Å². The van der Waals surface area contributed by atoms with Crippen LogP contribution in [0.4, 0.5) is 0 Å². The summed E-state index contributed by atoms with van der Waals surface area (Å²) < 4.78 is 0. The summed E-state index contributed by atoms with van der Waals surface area (Å²) >= 11 is 0. The highest BCUT2D eigenvalue weighted by molar-refractivity contribution is 5.94. The Bertz CT molecular complexity index is 588. The third kappa shape index (κ3) is 2.99. The molecule has 2 atom stereocenters. The average molecular weight is 299 g/mol. The van der Waals surface area contributed by atoms with E-state index in [1.165, 1.54) is 0 Å². The summed E-state index contributed by atoms with van der Waals surface area (Å²) in [5.74, 6) is -0.0104. The van der Waals surface area contributed by atoms with Gasteiger partial charge in [0.2, 0.25) is 0 Å². The Balaban J connectivity index is 1.61. The Morgan fingerprint density at radius 3 is 2.64 bits per heavy atom. The van der Waals surface area contributed by atoms with Gasteiger partial charge in [-0.05, 0) is 37.5 Å². The van der Waals surface area contributed by atoms with Crippen LogP contribution >= 0.6 is 0 Å². The van der Waals surface area contributed by atoms with Crippen LogP contribution in [0.3, 0.4) is 0 Å². The molecule has 5 heteroatoms. The van der Waals surface area contributed by atoms with E-state index in [1.54, 1.807) is 24.3 Å². The first kappa shape index (κ1) is 15.0. The van der Waals surface area contributed by atoms with E-state index in [0.29, 0.717) is 24.2 Å². The largest absolute Gasteiger partial charge is 0.391 e. The van der Waals surface area contributed by atoms with Gasteiger partial charge in [-0.1, -0.05) is 6.07 Å².